The number of nitrogens with one attached hydrogen (secondary N) is 1. The molecule has 0 saturated carbocycles. The molecule has 1 heterocycles. The van der Waals surface area contributed by atoms with Crippen LogP contribution in [0.1, 0.15) is 13.8 Å². The van der Waals surface area contributed by atoms with E-state index in [-0.39, 0.29) is 0 Å². The molecule has 0 atom stereocenters. The van der Waals surface area contributed by atoms with E-state index in [2.05, 4.69) is 29.2 Å². The summed E-state index contributed by atoms with van der Waals surface area (Å²) in [6.07, 6.45) is 3.05. The van der Waals surface area contributed by atoms with Gasteiger partial charge in [-0.2, -0.15) is 4.98 Å². The number of hydrogen-bond donors (Lipinski definition) is 2. The molecule has 3 N–H and O–H groups in total. The predicted octanol–water partition coefficient (Wildman–Crippen LogP) is 0.814. The van der Waals surface area contributed by atoms with Crippen molar-refractivity contribution in [2.45, 2.75) is 13.8 Å². The summed E-state index contributed by atoms with van der Waals surface area (Å²) < 4.78 is 10.7. The van der Waals surface area contributed by atoms with Crippen molar-refractivity contribution in [2.24, 2.45) is 11.8 Å². The highest BCUT2D eigenvalue weighted by molar-refractivity contribution is 5.31. The van der Waals surface area contributed by atoms with Gasteiger partial charge in [-0.1, -0.05) is 13.8 Å². The summed E-state index contributed by atoms with van der Waals surface area (Å²) >= 11 is 0. The first-order chi connectivity index (χ1) is 7.72. The maximum Gasteiger partial charge on any atom is 0.234 e. The van der Waals surface area contributed by atoms with Crippen molar-refractivity contribution in [3.05, 3.63) is 12.4 Å². The molecule has 0 fully saturated rings. The van der Waals surface area contributed by atoms with Gasteiger partial charge in [0.15, 0.2) is 5.82 Å². The third kappa shape index (κ3) is 4.90. The van der Waals surface area contributed by atoms with Crippen LogP contribution in [-0.4, -0.2) is 29.8 Å². The largest absolute Gasteiger partial charge is 0.474 e. The highest BCUT2D eigenvalue weighted by Gasteiger charge is 1.98. The van der Waals surface area contributed by atoms with Gasteiger partial charge in [-0.3, -0.25) is 4.98 Å². The van der Waals surface area contributed by atoms with Crippen molar-refractivity contribution in [1.29, 1.82) is 0 Å². The molecule has 90 valence electrons. The fraction of sp³-hybridized carbons (Fsp3) is 0.600. The lowest BCUT2D eigenvalue weighted by molar-refractivity contribution is 0.0805. The van der Waals surface area contributed by atoms with E-state index in [9.17, 15) is 0 Å². The van der Waals surface area contributed by atoms with Gasteiger partial charge >= 0.3 is 0 Å². The molecule has 1 rings (SSSR count). The molecule has 0 aliphatic carbocycles. The fourth-order valence-corrected chi connectivity index (χ4v) is 1.01. The monoisotopic (exact) mass is 226 g/mol. The molecule has 0 amide bonds. The number of hydrazine groups is 1. The van der Waals surface area contributed by atoms with E-state index in [1.54, 1.807) is 0 Å². The third-order valence-corrected chi connectivity index (χ3v) is 1.69. The first kappa shape index (κ1) is 12.7. The van der Waals surface area contributed by atoms with Crippen LogP contribution in [-0.2, 0) is 4.74 Å². The van der Waals surface area contributed by atoms with Crippen LogP contribution in [0.4, 0.5) is 5.82 Å². The van der Waals surface area contributed by atoms with Gasteiger partial charge < -0.3 is 14.9 Å². The van der Waals surface area contributed by atoms with E-state index in [0.717, 1.165) is 6.61 Å². The van der Waals surface area contributed by atoms with Crippen LogP contribution in [0.2, 0.25) is 0 Å². The average Bonchev–Trinajstić information content (AvgIpc) is 2.28. The summed E-state index contributed by atoms with van der Waals surface area (Å²) in [5, 5.41) is 0. The van der Waals surface area contributed by atoms with Crippen LogP contribution in [0.5, 0.6) is 5.88 Å². The summed E-state index contributed by atoms with van der Waals surface area (Å²) in [6, 6.07) is 0. The Morgan fingerprint density at radius 1 is 1.38 bits per heavy atom. The maximum atomic E-state index is 5.36. The fourth-order valence-electron chi connectivity index (χ4n) is 1.01. The van der Waals surface area contributed by atoms with Gasteiger partial charge in [-0.25, -0.2) is 5.84 Å². The molecule has 0 aliphatic rings. The second-order valence-corrected chi connectivity index (χ2v) is 3.70. The lowest BCUT2D eigenvalue weighted by atomic mass is 10.2. The summed E-state index contributed by atoms with van der Waals surface area (Å²) in [7, 11) is 0. The van der Waals surface area contributed by atoms with E-state index in [1.807, 2.05) is 0 Å². The number of nitrogens with two attached hydrogens (primary N) is 1. The molecule has 1 aromatic heterocycles. The Hall–Kier alpha value is -1.40. The number of nitrogen functional groups attached to an aromatic ring is 1. The van der Waals surface area contributed by atoms with Crippen molar-refractivity contribution >= 4 is 5.82 Å². The highest BCUT2D eigenvalue weighted by atomic mass is 16.5. The summed E-state index contributed by atoms with van der Waals surface area (Å²) in [4.78, 5) is 7.96. The Kier molecular flexibility index (Phi) is 5.52. The smallest absolute Gasteiger partial charge is 0.234 e. The second kappa shape index (κ2) is 6.97. The number of nitrogens with zero attached hydrogens (tertiary/aromatic N) is 2. The molecule has 0 saturated heterocycles. The van der Waals surface area contributed by atoms with Gasteiger partial charge in [0.1, 0.15) is 6.61 Å². The van der Waals surface area contributed by atoms with Crippen LogP contribution < -0.4 is 16.0 Å². The second-order valence-electron chi connectivity index (χ2n) is 3.70. The van der Waals surface area contributed by atoms with E-state index in [1.165, 1.54) is 12.4 Å². The topological polar surface area (TPSA) is 82.3 Å². The Bertz CT molecular complexity index is 307. The zero-order chi connectivity index (χ0) is 11.8. The number of rotatable bonds is 7. The van der Waals surface area contributed by atoms with Gasteiger partial charge in [-0.15, -0.1) is 0 Å². The third-order valence-electron chi connectivity index (χ3n) is 1.69. The summed E-state index contributed by atoms with van der Waals surface area (Å²) in [5.74, 6) is 6.63. The SMILES string of the molecule is CC(C)COCCOc1cncc(NN)n1. The van der Waals surface area contributed by atoms with Crippen molar-refractivity contribution in [2.75, 3.05) is 25.2 Å². The van der Waals surface area contributed by atoms with Crippen LogP contribution in [0.3, 0.4) is 0 Å². The van der Waals surface area contributed by atoms with E-state index in [0.29, 0.717) is 30.8 Å². The molecular weight excluding hydrogens is 208 g/mol. The minimum atomic E-state index is 0.434. The highest BCUT2D eigenvalue weighted by Crippen LogP contribution is 2.07. The van der Waals surface area contributed by atoms with E-state index >= 15 is 0 Å². The minimum Gasteiger partial charge on any atom is -0.474 e. The molecule has 1 aromatic rings. The van der Waals surface area contributed by atoms with Gasteiger partial charge in [0.2, 0.25) is 5.88 Å². The van der Waals surface area contributed by atoms with Crippen LogP contribution in [0.15, 0.2) is 12.4 Å². The van der Waals surface area contributed by atoms with Gasteiger partial charge in [0.05, 0.1) is 19.0 Å². The van der Waals surface area contributed by atoms with E-state index in [4.69, 9.17) is 15.3 Å². The van der Waals surface area contributed by atoms with Gasteiger partial charge in [0.25, 0.3) is 0 Å². The number of anilines is 1. The van der Waals surface area contributed by atoms with Crippen molar-refractivity contribution in [3.8, 4) is 5.88 Å². The molecule has 6 heteroatoms. The number of hydrogen-bond acceptors (Lipinski definition) is 6. The van der Waals surface area contributed by atoms with Gasteiger partial charge in [0, 0.05) is 6.61 Å². The number of aromatic nitrogens is 2. The Labute approximate surface area is 95.1 Å². The van der Waals surface area contributed by atoms with Crippen molar-refractivity contribution in [3.63, 3.8) is 0 Å². The van der Waals surface area contributed by atoms with Crippen molar-refractivity contribution in [1.82, 2.24) is 9.97 Å². The predicted molar refractivity (Wildman–Crippen MR) is 61.0 cm³/mol. The lowest BCUT2D eigenvalue weighted by Gasteiger charge is -2.08. The number of ether oxygens (including phenoxy) is 2. The molecule has 0 aliphatic heterocycles. The minimum absolute atomic E-state index is 0.434. The molecule has 0 spiro atoms. The first-order valence-corrected chi connectivity index (χ1v) is 5.21. The molecular formula is C10H18N4O2. The van der Waals surface area contributed by atoms with Crippen molar-refractivity contribution < 1.29 is 9.47 Å². The summed E-state index contributed by atoms with van der Waals surface area (Å²) in [5.41, 5.74) is 2.40. The van der Waals surface area contributed by atoms with Crippen LogP contribution in [0.25, 0.3) is 0 Å². The normalized spacial score (nSPS) is 10.5. The zero-order valence-corrected chi connectivity index (χ0v) is 9.64. The summed E-state index contributed by atoms with van der Waals surface area (Å²) in [6.45, 7) is 5.93. The standard InChI is InChI=1S/C10H18N4O2/c1-8(2)7-15-3-4-16-10-6-12-5-9(13-10)14-11/h5-6,8H,3-4,7,11H2,1-2H3,(H,13,14). The Morgan fingerprint density at radius 2 is 2.19 bits per heavy atom. The van der Waals surface area contributed by atoms with Crippen LogP contribution >= 0.6 is 0 Å². The first-order valence-electron chi connectivity index (χ1n) is 5.21. The quantitative estimate of drug-likeness (QED) is 0.407. The average molecular weight is 226 g/mol. The molecule has 0 unspecified atom stereocenters. The molecule has 16 heavy (non-hydrogen) atoms. The van der Waals surface area contributed by atoms with E-state index < -0.39 is 0 Å². The zero-order valence-electron chi connectivity index (χ0n) is 9.64. The molecule has 6 nitrogen and oxygen atoms in total. The lowest BCUT2D eigenvalue weighted by Crippen LogP contribution is -2.12. The Balaban J connectivity index is 2.21. The molecule has 0 bridgehead atoms. The molecule has 0 radical (unpaired) electrons. The molecule has 0 aromatic carbocycles. The Morgan fingerprint density at radius 3 is 2.88 bits per heavy atom. The maximum absolute atomic E-state index is 5.36. The van der Waals surface area contributed by atoms with Gasteiger partial charge in [-0.05, 0) is 5.92 Å². The van der Waals surface area contributed by atoms with Crippen LogP contribution in [0, 0.1) is 5.92 Å².